The molecule has 1 amide bonds. The summed E-state index contributed by atoms with van der Waals surface area (Å²) in [6.07, 6.45) is 6.26. The van der Waals surface area contributed by atoms with Gasteiger partial charge in [-0.3, -0.25) is 4.79 Å². The molecule has 2 bridgehead atoms. The molecule has 1 aromatic carbocycles. The maximum atomic E-state index is 12.7. The predicted molar refractivity (Wildman–Crippen MR) is 98.5 cm³/mol. The lowest BCUT2D eigenvalue weighted by Gasteiger charge is -2.37. The summed E-state index contributed by atoms with van der Waals surface area (Å²) >= 11 is 6.15. The van der Waals surface area contributed by atoms with Crippen LogP contribution in [0.4, 0.5) is 5.69 Å². The Morgan fingerprint density at radius 2 is 1.96 bits per heavy atom. The summed E-state index contributed by atoms with van der Waals surface area (Å²) in [5.74, 6) is 2.82. The Morgan fingerprint density at radius 3 is 2.62 bits per heavy atom. The third-order valence-corrected chi connectivity index (χ3v) is 6.70. The standard InChI is InChI=1S/C20H27ClN2O/c1-14-2-5-18(21)13-19(14)22-6-8-23(9-7-22)20(24)12-17-11-15-3-4-16(17)10-15/h2,5,13,15-17H,3-4,6-12H2,1H3/t15-,16-,17-/m0/s1. The van der Waals surface area contributed by atoms with E-state index in [1.807, 2.05) is 12.1 Å². The smallest absolute Gasteiger partial charge is 0.222 e. The number of aryl methyl sites for hydroxylation is 1. The molecule has 1 aromatic rings. The third-order valence-electron chi connectivity index (χ3n) is 6.47. The Hall–Kier alpha value is -1.22. The van der Waals surface area contributed by atoms with Gasteiger partial charge in [-0.2, -0.15) is 0 Å². The topological polar surface area (TPSA) is 23.6 Å². The van der Waals surface area contributed by atoms with E-state index in [9.17, 15) is 4.79 Å². The third kappa shape index (κ3) is 3.15. The maximum absolute atomic E-state index is 12.7. The van der Waals surface area contributed by atoms with Crippen molar-refractivity contribution in [2.45, 2.75) is 39.0 Å². The summed E-state index contributed by atoms with van der Waals surface area (Å²) in [7, 11) is 0. The Balaban J connectivity index is 1.32. The number of rotatable bonds is 3. The molecule has 24 heavy (non-hydrogen) atoms. The molecule has 0 radical (unpaired) electrons. The zero-order chi connectivity index (χ0) is 16.7. The molecule has 4 rings (SSSR count). The molecule has 3 atom stereocenters. The molecule has 0 unspecified atom stereocenters. The number of hydrogen-bond acceptors (Lipinski definition) is 2. The van der Waals surface area contributed by atoms with Gasteiger partial charge in [0.05, 0.1) is 0 Å². The molecule has 3 aliphatic rings. The number of carbonyl (C=O) groups excluding carboxylic acids is 1. The van der Waals surface area contributed by atoms with Crippen LogP contribution in [0.1, 0.15) is 37.7 Å². The quantitative estimate of drug-likeness (QED) is 0.821. The van der Waals surface area contributed by atoms with Crippen molar-refractivity contribution in [2.75, 3.05) is 31.1 Å². The predicted octanol–water partition coefficient (Wildman–Crippen LogP) is 4.12. The van der Waals surface area contributed by atoms with Crippen molar-refractivity contribution in [1.29, 1.82) is 0 Å². The van der Waals surface area contributed by atoms with Gasteiger partial charge in [0.15, 0.2) is 0 Å². The number of amides is 1. The minimum absolute atomic E-state index is 0.384. The highest BCUT2D eigenvalue weighted by atomic mass is 35.5. The second-order valence-electron chi connectivity index (χ2n) is 7.94. The van der Waals surface area contributed by atoms with Crippen molar-refractivity contribution < 1.29 is 4.79 Å². The number of carbonyl (C=O) groups is 1. The molecule has 0 spiro atoms. The number of nitrogens with zero attached hydrogens (tertiary/aromatic N) is 2. The van der Waals surface area contributed by atoms with Gasteiger partial charge in [-0.15, -0.1) is 0 Å². The van der Waals surface area contributed by atoms with E-state index in [0.717, 1.165) is 49.5 Å². The summed E-state index contributed by atoms with van der Waals surface area (Å²) in [5, 5.41) is 0.783. The largest absolute Gasteiger partial charge is 0.368 e. The number of fused-ring (bicyclic) bond motifs is 2. The van der Waals surface area contributed by atoms with Crippen molar-refractivity contribution in [3.63, 3.8) is 0 Å². The fourth-order valence-electron chi connectivity index (χ4n) is 5.10. The summed E-state index contributed by atoms with van der Waals surface area (Å²) < 4.78 is 0. The Morgan fingerprint density at radius 1 is 1.17 bits per heavy atom. The van der Waals surface area contributed by atoms with Gasteiger partial charge in [-0.25, -0.2) is 0 Å². The molecular weight excluding hydrogens is 320 g/mol. The molecule has 1 aliphatic heterocycles. The second-order valence-corrected chi connectivity index (χ2v) is 8.37. The molecule has 1 saturated heterocycles. The van der Waals surface area contributed by atoms with Crippen LogP contribution < -0.4 is 4.90 Å². The van der Waals surface area contributed by atoms with Crippen LogP contribution in [0.5, 0.6) is 0 Å². The zero-order valence-electron chi connectivity index (χ0n) is 14.5. The number of hydrogen-bond donors (Lipinski definition) is 0. The number of halogens is 1. The second kappa shape index (κ2) is 6.59. The van der Waals surface area contributed by atoms with Crippen molar-refractivity contribution in [3.8, 4) is 0 Å². The van der Waals surface area contributed by atoms with Gasteiger partial charge in [-0.1, -0.05) is 24.1 Å². The SMILES string of the molecule is Cc1ccc(Cl)cc1N1CCN(C(=O)C[C@@H]2C[C@H]3CC[C@H]2C3)CC1. The molecule has 0 N–H and O–H groups in total. The van der Waals surface area contributed by atoms with E-state index >= 15 is 0 Å². The van der Waals surface area contributed by atoms with Gasteiger partial charge in [0, 0.05) is 43.3 Å². The van der Waals surface area contributed by atoms with Crippen LogP contribution in [-0.4, -0.2) is 37.0 Å². The normalized spacial score (nSPS) is 29.3. The van der Waals surface area contributed by atoms with Crippen molar-refractivity contribution >= 4 is 23.2 Å². The molecule has 4 heteroatoms. The summed E-state index contributed by atoms with van der Waals surface area (Å²) in [4.78, 5) is 17.1. The molecule has 3 nitrogen and oxygen atoms in total. The summed E-state index contributed by atoms with van der Waals surface area (Å²) in [5.41, 5.74) is 2.46. The van der Waals surface area contributed by atoms with Gasteiger partial charge in [-0.05, 0) is 61.6 Å². The van der Waals surface area contributed by atoms with Crippen molar-refractivity contribution in [1.82, 2.24) is 4.90 Å². The highest BCUT2D eigenvalue weighted by molar-refractivity contribution is 6.30. The van der Waals surface area contributed by atoms with E-state index in [-0.39, 0.29) is 0 Å². The lowest BCUT2D eigenvalue weighted by Crippen LogP contribution is -2.49. The molecular formula is C20H27ClN2O. The fourth-order valence-corrected chi connectivity index (χ4v) is 5.27. The molecule has 3 fully saturated rings. The first-order chi connectivity index (χ1) is 11.6. The summed E-state index contributed by atoms with van der Waals surface area (Å²) in [6, 6.07) is 6.06. The highest BCUT2D eigenvalue weighted by Gasteiger charge is 2.40. The van der Waals surface area contributed by atoms with Crippen molar-refractivity contribution in [2.24, 2.45) is 17.8 Å². The van der Waals surface area contributed by atoms with Gasteiger partial charge in [0.25, 0.3) is 0 Å². The first-order valence-corrected chi connectivity index (χ1v) is 9.77. The fraction of sp³-hybridized carbons (Fsp3) is 0.650. The monoisotopic (exact) mass is 346 g/mol. The Bertz CT molecular complexity index is 624. The molecule has 1 heterocycles. The molecule has 130 valence electrons. The van der Waals surface area contributed by atoms with Crippen LogP contribution in [0.2, 0.25) is 5.02 Å². The molecule has 2 aliphatic carbocycles. The Kier molecular flexibility index (Phi) is 4.46. The van der Waals surface area contributed by atoms with Crippen LogP contribution in [0.15, 0.2) is 18.2 Å². The van der Waals surface area contributed by atoms with E-state index < -0.39 is 0 Å². The maximum Gasteiger partial charge on any atom is 0.222 e. The van der Waals surface area contributed by atoms with Crippen LogP contribution in [0.25, 0.3) is 0 Å². The van der Waals surface area contributed by atoms with E-state index in [4.69, 9.17) is 11.6 Å². The van der Waals surface area contributed by atoms with Gasteiger partial charge in [0.1, 0.15) is 0 Å². The first kappa shape index (κ1) is 16.3. The number of benzene rings is 1. The van der Waals surface area contributed by atoms with Gasteiger partial charge < -0.3 is 9.80 Å². The van der Waals surface area contributed by atoms with Crippen LogP contribution >= 0.6 is 11.6 Å². The molecule has 0 aromatic heterocycles. The average Bonchev–Trinajstić information content (AvgIpc) is 3.20. The average molecular weight is 347 g/mol. The van der Waals surface area contributed by atoms with Crippen LogP contribution in [0, 0.1) is 24.7 Å². The first-order valence-electron chi connectivity index (χ1n) is 9.39. The highest BCUT2D eigenvalue weighted by Crippen LogP contribution is 2.49. The van der Waals surface area contributed by atoms with Crippen LogP contribution in [0.3, 0.4) is 0 Å². The minimum atomic E-state index is 0.384. The van der Waals surface area contributed by atoms with Crippen molar-refractivity contribution in [3.05, 3.63) is 28.8 Å². The van der Waals surface area contributed by atoms with Gasteiger partial charge >= 0.3 is 0 Å². The summed E-state index contributed by atoms with van der Waals surface area (Å²) in [6.45, 7) is 5.61. The lowest BCUT2D eigenvalue weighted by molar-refractivity contribution is -0.132. The molecule has 2 saturated carbocycles. The number of piperazine rings is 1. The lowest BCUT2D eigenvalue weighted by atomic mass is 9.86. The zero-order valence-corrected chi connectivity index (χ0v) is 15.3. The minimum Gasteiger partial charge on any atom is -0.368 e. The van der Waals surface area contributed by atoms with E-state index in [1.165, 1.54) is 36.9 Å². The van der Waals surface area contributed by atoms with Crippen LogP contribution in [-0.2, 0) is 4.79 Å². The van der Waals surface area contributed by atoms with E-state index in [0.29, 0.717) is 11.8 Å². The Labute approximate surface area is 150 Å². The van der Waals surface area contributed by atoms with Gasteiger partial charge in [0.2, 0.25) is 5.91 Å². The number of anilines is 1. The van der Waals surface area contributed by atoms with E-state index in [2.05, 4.69) is 22.8 Å². The van der Waals surface area contributed by atoms with E-state index in [1.54, 1.807) is 0 Å².